The summed E-state index contributed by atoms with van der Waals surface area (Å²) in [5.41, 5.74) is -0.527. The van der Waals surface area contributed by atoms with Crippen LogP contribution in [-0.4, -0.2) is 40.2 Å². The molecule has 1 aromatic heterocycles. The highest BCUT2D eigenvalue weighted by atomic mass is 32.2. The average Bonchev–Trinajstić information content (AvgIpc) is 2.85. The summed E-state index contributed by atoms with van der Waals surface area (Å²) in [4.78, 5) is 11.4. The molecular formula is C13H23N3O5S. The lowest BCUT2D eigenvalue weighted by molar-refractivity contribution is 0.0528. The molecule has 0 bridgehead atoms. The molecular weight excluding hydrogens is 310 g/mol. The third-order valence-electron chi connectivity index (χ3n) is 2.44. The van der Waals surface area contributed by atoms with Crippen LogP contribution in [0.2, 0.25) is 0 Å². The number of rotatable bonds is 7. The molecule has 1 heterocycles. The van der Waals surface area contributed by atoms with Gasteiger partial charge >= 0.3 is 6.09 Å². The van der Waals surface area contributed by atoms with Gasteiger partial charge < -0.3 is 19.8 Å². The van der Waals surface area contributed by atoms with Crippen molar-refractivity contribution in [3.63, 3.8) is 0 Å². The summed E-state index contributed by atoms with van der Waals surface area (Å²) in [7, 11) is -2.24. The Labute approximate surface area is 130 Å². The lowest BCUT2D eigenvalue weighted by Gasteiger charge is -2.19. The van der Waals surface area contributed by atoms with Crippen molar-refractivity contribution in [3.05, 3.63) is 17.9 Å². The normalized spacial score (nSPS) is 12.2. The maximum Gasteiger partial charge on any atom is 0.407 e. The Hall–Kier alpha value is -1.58. The topological polar surface area (TPSA) is 110 Å². The van der Waals surface area contributed by atoms with Crippen molar-refractivity contribution >= 4 is 16.1 Å². The number of ether oxygens (including phenoxy) is 1. The maximum absolute atomic E-state index is 11.5. The van der Waals surface area contributed by atoms with Gasteiger partial charge in [-0.25, -0.2) is 17.9 Å². The predicted octanol–water partition coefficient (Wildman–Crippen LogP) is 0.802. The number of furan rings is 1. The molecule has 1 amide bonds. The van der Waals surface area contributed by atoms with Crippen LogP contribution >= 0.6 is 0 Å². The second-order valence-electron chi connectivity index (χ2n) is 5.53. The van der Waals surface area contributed by atoms with Crippen molar-refractivity contribution in [1.29, 1.82) is 0 Å². The van der Waals surface area contributed by atoms with E-state index in [2.05, 4.69) is 15.4 Å². The molecule has 0 aliphatic heterocycles. The highest BCUT2D eigenvalue weighted by Gasteiger charge is 2.16. The van der Waals surface area contributed by atoms with Crippen molar-refractivity contribution in [2.75, 3.05) is 20.1 Å². The predicted molar refractivity (Wildman–Crippen MR) is 80.9 cm³/mol. The molecule has 3 N–H and O–H groups in total. The first-order valence-corrected chi connectivity index (χ1v) is 8.32. The number of carbonyl (C=O) groups is 1. The van der Waals surface area contributed by atoms with Crippen LogP contribution in [-0.2, 0) is 21.3 Å². The smallest absolute Gasteiger partial charge is 0.407 e. The largest absolute Gasteiger partial charge is 0.447 e. The Morgan fingerprint density at radius 2 is 1.95 bits per heavy atom. The van der Waals surface area contributed by atoms with Gasteiger partial charge in [-0.15, -0.1) is 0 Å². The fourth-order valence-corrected chi connectivity index (χ4v) is 2.14. The van der Waals surface area contributed by atoms with Gasteiger partial charge in [0.05, 0.1) is 6.54 Å². The van der Waals surface area contributed by atoms with Gasteiger partial charge in [0, 0.05) is 13.1 Å². The summed E-state index contributed by atoms with van der Waals surface area (Å²) >= 11 is 0. The van der Waals surface area contributed by atoms with E-state index >= 15 is 0 Å². The highest BCUT2D eigenvalue weighted by Crippen LogP contribution is 2.13. The molecule has 0 spiro atoms. The molecule has 22 heavy (non-hydrogen) atoms. The van der Waals surface area contributed by atoms with Crippen LogP contribution < -0.4 is 15.4 Å². The molecule has 0 radical (unpaired) electrons. The molecule has 0 aliphatic rings. The summed E-state index contributed by atoms with van der Waals surface area (Å²) < 4.78 is 35.5. The van der Waals surface area contributed by atoms with Crippen LogP contribution in [0.5, 0.6) is 0 Å². The fourth-order valence-electron chi connectivity index (χ4n) is 1.48. The van der Waals surface area contributed by atoms with Crippen molar-refractivity contribution in [2.24, 2.45) is 0 Å². The number of nitrogens with one attached hydrogen (secondary N) is 3. The zero-order valence-corrected chi connectivity index (χ0v) is 14.0. The van der Waals surface area contributed by atoms with Gasteiger partial charge in [0.1, 0.15) is 11.4 Å². The lowest BCUT2D eigenvalue weighted by Crippen LogP contribution is -2.36. The van der Waals surface area contributed by atoms with Crippen LogP contribution in [0, 0.1) is 0 Å². The van der Waals surface area contributed by atoms with Gasteiger partial charge in [-0.05, 0) is 40.0 Å². The summed E-state index contributed by atoms with van der Waals surface area (Å²) in [6, 6.07) is 2.97. The molecule has 1 rings (SSSR count). The van der Waals surface area contributed by atoms with Crippen LogP contribution in [0.25, 0.3) is 0 Å². The molecule has 0 saturated heterocycles. The van der Waals surface area contributed by atoms with E-state index in [1.165, 1.54) is 13.1 Å². The fraction of sp³-hybridized carbons (Fsp3) is 0.615. The highest BCUT2D eigenvalue weighted by molar-refractivity contribution is 7.89. The first kappa shape index (κ1) is 18.5. The van der Waals surface area contributed by atoms with Gasteiger partial charge in [0.25, 0.3) is 10.0 Å². The summed E-state index contributed by atoms with van der Waals surface area (Å²) in [5, 5.41) is 5.50. The summed E-state index contributed by atoms with van der Waals surface area (Å²) in [5.74, 6) is 0.492. The molecule has 0 atom stereocenters. The Morgan fingerprint density at radius 3 is 2.55 bits per heavy atom. The Balaban J connectivity index is 2.27. The van der Waals surface area contributed by atoms with E-state index < -0.39 is 21.7 Å². The van der Waals surface area contributed by atoms with E-state index in [1.807, 2.05) is 0 Å². The molecule has 0 aromatic carbocycles. The van der Waals surface area contributed by atoms with Gasteiger partial charge in [0.2, 0.25) is 5.09 Å². The van der Waals surface area contributed by atoms with E-state index in [4.69, 9.17) is 9.15 Å². The van der Waals surface area contributed by atoms with Crippen molar-refractivity contribution in [2.45, 2.75) is 38.0 Å². The third kappa shape index (κ3) is 6.46. The number of sulfonamides is 1. The Bertz CT molecular complexity index is 589. The van der Waals surface area contributed by atoms with Gasteiger partial charge in [-0.2, -0.15) is 0 Å². The van der Waals surface area contributed by atoms with Gasteiger partial charge in [-0.3, -0.25) is 0 Å². The van der Waals surface area contributed by atoms with E-state index in [-0.39, 0.29) is 5.09 Å². The van der Waals surface area contributed by atoms with E-state index in [9.17, 15) is 13.2 Å². The summed E-state index contributed by atoms with van der Waals surface area (Å²) in [6.45, 7) is 6.61. The number of hydrogen-bond donors (Lipinski definition) is 3. The van der Waals surface area contributed by atoms with Crippen LogP contribution in [0.15, 0.2) is 21.6 Å². The number of amides is 1. The zero-order chi connectivity index (χ0) is 16.8. The van der Waals surface area contributed by atoms with Crippen molar-refractivity contribution in [1.82, 2.24) is 15.4 Å². The third-order valence-corrected chi connectivity index (χ3v) is 3.73. The molecule has 0 saturated carbocycles. The molecule has 126 valence electrons. The molecule has 0 aliphatic carbocycles. The standard InChI is InChI=1S/C13H23N3O5S/c1-13(2,3)21-12(17)16-8-7-15-9-10-5-6-11(20-10)22(18,19)14-4/h5-6,14-15H,7-9H2,1-4H3,(H,16,17). The zero-order valence-electron chi connectivity index (χ0n) is 13.2. The minimum absolute atomic E-state index is 0.126. The van der Waals surface area contributed by atoms with Crippen molar-refractivity contribution in [3.8, 4) is 0 Å². The molecule has 1 aromatic rings. The number of carbonyl (C=O) groups excluding carboxylic acids is 1. The monoisotopic (exact) mass is 333 g/mol. The number of hydrogen-bond acceptors (Lipinski definition) is 6. The molecule has 9 heteroatoms. The van der Waals surface area contributed by atoms with Crippen LogP contribution in [0.3, 0.4) is 0 Å². The average molecular weight is 333 g/mol. The second-order valence-corrected chi connectivity index (χ2v) is 7.35. The van der Waals surface area contributed by atoms with E-state index in [0.29, 0.717) is 25.4 Å². The Morgan fingerprint density at radius 1 is 1.27 bits per heavy atom. The SMILES string of the molecule is CNS(=O)(=O)c1ccc(CNCCNC(=O)OC(C)(C)C)o1. The van der Waals surface area contributed by atoms with E-state index in [0.717, 1.165) is 0 Å². The molecule has 8 nitrogen and oxygen atoms in total. The van der Waals surface area contributed by atoms with Crippen LogP contribution in [0.1, 0.15) is 26.5 Å². The van der Waals surface area contributed by atoms with Crippen LogP contribution in [0.4, 0.5) is 4.79 Å². The second kappa shape index (κ2) is 7.61. The Kier molecular flexibility index (Phi) is 6.39. The van der Waals surface area contributed by atoms with E-state index in [1.54, 1.807) is 26.8 Å². The minimum Gasteiger partial charge on any atom is -0.447 e. The van der Waals surface area contributed by atoms with Gasteiger partial charge in [0.15, 0.2) is 0 Å². The number of alkyl carbamates (subject to hydrolysis) is 1. The minimum atomic E-state index is -3.56. The molecule has 0 fully saturated rings. The van der Waals surface area contributed by atoms with Crippen molar-refractivity contribution < 1.29 is 22.4 Å². The maximum atomic E-state index is 11.5. The summed E-state index contributed by atoms with van der Waals surface area (Å²) in [6.07, 6.45) is -0.477. The first-order chi connectivity index (χ1) is 10.1. The van der Waals surface area contributed by atoms with Gasteiger partial charge in [-0.1, -0.05) is 0 Å². The quantitative estimate of drug-likeness (QED) is 0.637. The molecule has 0 unspecified atom stereocenters. The lowest BCUT2D eigenvalue weighted by atomic mass is 10.2. The first-order valence-electron chi connectivity index (χ1n) is 6.84.